The minimum absolute atomic E-state index is 0.653. The molecule has 2 rings (SSSR count). The van der Waals surface area contributed by atoms with Gasteiger partial charge in [0.05, 0.1) is 0 Å². The zero-order chi connectivity index (χ0) is 11.7. The van der Waals surface area contributed by atoms with E-state index in [0.717, 1.165) is 16.7 Å². The van der Waals surface area contributed by atoms with Crippen LogP contribution in [-0.2, 0) is 0 Å². The van der Waals surface area contributed by atoms with E-state index in [1.54, 1.807) is 12.1 Å². The SMILES string of the molecule is Cc1ccc(N)c(-c2cc(Cl)ccc2Cl)c1. The van der Waals surface area contributed by atoms with Gasteiger partial charge in [0.25, 0.3) is 0 Å². The standard InChI is InChI=1S/C13H11Cl2N/c1-8-2-5-13(16)11(6-8)10-7-9(14)3-4-12(10)15/h2-7H,16H2,1H3. The summed E-state index contributed by atoms with van der Waals surface area (Å²) >= 11 is 12.1. The van der Waals surface area contributed by atoms with Crippen LogP contribution in [0.1, 0.15) is 5.56 Å². The van der Waals surface area contributed by atoms with Crippen molar-refractivity contribution >= 4 is 28.9 Å². The number of nitrogen functional groups attached to an aromatic ring is 1. The van der Waals surface area contributed by atoms with Gasteiger partial charge in [-0.3, -0.25) is 0 Å². The third kappa shape index (κ3) is 2.16. The molecule has 16 heavy (non-hydrogen) atoms. The Morgan fingerprint density at radius 1 is 0.938 bits per heavy atom. The lowest BCUT2D eigenvalue weighted by atomic mass is 10.0. The first kappa shape index (κ1) is 11.3. The van der Waals surface area contributed by atoms with Gasteiger partial charge < -0.3 is 5.73 Å². The first-order chi connectivity index (χ1) is 7.58. The zero-order valence-corrected chi connectivity index (χ0v) is 10.3. The van der Waals surface area contributed by atoms with Gasteiger partial charge in [-0.05, 0) is 37.3 Å². The number of anilines is 1. The van der Waals surface area contributed by atoms with Crippen LogP contribution in [0.15, 0.2) is 36.4 Å². The summed E-state index contributed by atoms with van der Waals surface area (Å²) in [6.45, 7) is 2.02. The van der Waals surface area contributed by atoms with E-state index in [1.807, 2.05) is 31.2 Å². The van der Waals surface area contributed by atoms with Crippen LogP contribution in [0.3, 0.4) is 0 Å². The third-order valence-corrected chi connectivity index (χ3v) is 2.99. The maximum absolute atomic E-state index is 6.14. The fraction of sp³-hybridized carbons (Fsp3) is 0.0769. The fourth-order valence-electron chi connectivity index (χ4n) is 1.61. The Kier molecular flexibility index (Phi) is 3.08. The van der Waals surface area contributed by atoms with E-state index in [1.165, 1.54) is 0 Å². The van der Waals surface area contributed by atoms with E-state index >= 15 is 0 Å². The van der Waals surface area contributed by atoms with Crippen LogP contribution < -0.4 is 5.73 Å². The van der Waals surface area contributed by atoms with Crippen molar-refractivity contribution in [2.75, 3.05) is 5.73 Å². The molecule has 2 aromatic rings. The number of benzene rings is 2. The second kappa shape index (κ2) is 4.36. The molecule has 0 atom stereocenters. The largest absolute Gasteiger partial charge is 0.398 e. The number of hydrogen-bond donors (Lipinski definition) is 1. The van der Waals surface area contributed by atoms with E-state index in [0.29, 0.717) is 15.7 Å². The summed E-state index contributed by atoms with van der Waals surface area (Å²) in [5, 5.41) is 1.31. The Hall–Kier alpha value is -1.18. The summed E-state index contributed by atoms with van der Waals surface area (Å²) in [5.74, 6) is 0. The highest BCUT2D eigenvalue weighted by Gasteiger charge is 2.07. The monoisotopic (exact) mass is 251 g/mol. The predicted octanol–water partition coefficient (Wildman–Crippen LogP) is 4.55. The van der Waals surface area contributed by atoms with Crippen molar-refractivity contribution in [1.82, 2.24) is 0 Å². The molecule has 2 aromatic carbocycles. The highest BCUT2D eigenvalue weighted by Crippen LogP contribution is 2.34. The van der Waals surface area contributed by atoms with Gasteiger partial charge in [0, 0.05) is 26.9 Å². The van der Waals surface area contributed by atoms with E-state index in [2.05, 4.69) is 0 Å². The van der Waals surface area contributed by atoms with Crippen molar-refractivity contribution in [1.29, 1.82) is 0 Å². The summed E-state index contributed by atoms with van der Waals surface area (Å²) in [4.78, 5) is 0. The number of nitrogens with two attached hydrogens (primary N) is 1. The van der Waals surface area contributed by atoms with Crippen LogP contribution >= 0.6 is 23.2 Å². The van der Waals surface area contributed by atoms with Crippen LogP contribution in [0.25, 0.3) is 11.1 Å². The molecule has 0 fully saturated rings. The van der Waals surface area contributed by atoms with Gasteiger partial charge >= 0.3 is 0 Å². The Morgan fingerprint density at radius 2 is 1.69 bits per heavy atom. The number of halogens is 2. The molecule has 0 amide bonds. The average Bonchev–Trinajstić information content (AvgIpc) is 2.25. The van der Waals surface area contributed by atoms with Crippen LogP contribution in [0.5, 0.6) is 0 Å². The molecule has 0 heterocycles. The molecule has 3 heteroatoms. The molecule has 0 bridgehead atoms. The fourth-order valence-corrected chi connectivity index (χ4v) is 2.00. The van der Waals surface area contributed by atoms with Crippen molar-refractivity contribution < 1.29 is 0 Å². The normalized spacial score (nSPS) is 10.4. The highest BCUT2D eigenvalue weighted by molar-refractivity contribution is 6.35. The highest BCUT2D eigenvalue weighted by atomic mass is 35.5. The topological polar surface area (TPSA) is 26.0 Å². The van der Waals surface area contributed by atoms with E-state index < -0.39 is 0 Å². The van der Waals surface area contributed by atoms with Gasteiger partial charge in [-0.15, -0.1) is 0 Å². The average molecular weight is 252 g/mol. The summed E-state index contributed by atoms with van der Waals surface area (Å²) in [6, 6.07) is 11.2. The minimum Gasteiger partial charge on any atom is -0.398 e. The van der Waals surface area contributed by atoms with Crippen molar-refractivity contribution in [3.63, 3.8) is 0 Å². The molecule has 82 valence electrons. The predicted molar refractivity (Wildman–Crippen MR) is 71.0 cm³/mol. The number of aryl methyl sites for hydroxylation is 1. The maximum Gasteiger partial charge on any atom is 0.0486 e. The maximum atomic E-state index is 6.14. The molecule has 0 aliphatic heterocycles. The molecule has 2 N–H and O–H groups in total. The minimum atomic E-state index is 0.653. The van der Waals surface area contributed by atoms with E-state index in [-0.39, 0.29) is 0 Å². The summed E-state index contributed by atoms with van der Waals surface area (Å²) in [7, 11) is 0. The Balaban J connectivity index is 2.66. The molecule has 0 aromatic heterocycles. The van der Waals surface area contributed by atoms with Crippen LogP contribution in [0.2, 0.25) is 10.0 Å². The van der Waals surface area contributed by atoms with Crippen LogP contribution in [0.4, 0.5) is 5.69 Å². The molecule has 1 nitrogen and oxygen atoms in total. The molecule has 0 radical (unpaired) electrons. The molecule has 0 aliphatic carbocycles. The van der Waals surface area contributed by atoms with Crippen molar-refractivity contribution in [2.45, 2.75) is 6.92 Å². The Bertz CT molecular complexity index is 486. The quantitative estimate of drug-likeness (QED) is 0.740. The molecular weight excluding hydrogens is 241 g/mol. The molecule has 0 unspecified atom stereocenters. The third-order valence-electron chi connectivity index (χ3n) is 2.43. The summed E-state index contributed by atoms with van der Waals surface area (Å²) in [6.07, 6.45) is 0. The smallest absolute Gasteiger partial charge is 0.0486 e. The lowest BCUT2D eigenvalue weighted by molar-refractivity contribution is 1.47. The van der Waals surface area contributed by atoms with Gasteiger partial charge in [-0.2, -0.15) is 0 Å². The first-order valence-corrected chi connectivity index (χ1v) is 5.65. The molecule has 0 aliphatic rings. The lowest BCUT2D eigenvalue weighted by Crippen LogP contribution is -1.91. The van der Waals surface area contributed by atoms with Gasteiger partial charge in [0.1, 0.15) is 0 Å². The van der Waals surface area contributed by atoms with Crippen molar-refractivity contribution in [2.24, 2.45) is 0 Å². The molecule has 0 saturated heterocycles. The van der Waals surface area contributed by atoms with Crippen LogP contribution in [-0.4, -0.2) is 0 Å². The van der Waals surface area contributed by atoms with Crippen LogP contribution in [0, 0.1) is 6.92 Å². The van der Waals surface area contributed by atoms with Gasteiger partial charge in [0.15, 0.2) is 0 Å². The summed E-state index contributed by atoms with van der Waals surface area (Å²) in [5.41, 5.74) is 9.58. The van der Waals surface area contributed by atoms with Crippen molar-refractivity contribution in [3.05, 3.63) is 52.0 Å². The zero-order valence-electron chi connectivity index (χ0n) is 8.80. The summed E-state index contributed by atoms with van der Waals surface area (Å²) < 4.78 is 0. The van der Waals surface area contributed by atoms with Gasteiger partial charge in [-0.25, -0.2) is 0 Å². The first-order valence-electron chi connectivity index (χ1n) is 4.89. The van der Waals surface area contributed by atoms with Crippen molar-refractivity contribution in [3.8, 4) is 11.1 Å². The van der Waals surface area contributed by atoms with Gasteiger partial charge in [0.2, 0.25) is 0 Å². The second-order valence-electron chi connectivity index (χ2n) is 3.71. The molecular formula is C13H11Cl2N. The number of hydrogen-bond acceptors (Lipinski definition) is 1. The van der Waals surface area contributed by atoms with E-state index in [4.69, 9.17) is 28.9 Å². The molecule has 0 saturated carbocycles. The number of rotatable bonds is 1. The lowest BCUT2D eigenvalue weighted by Gasteiger charge is -2.09. The second-order valence-corrected chi connectivity index (χ2v) is 4.56. The van der Waals surface area contributed by atoms with E-state index in [9.17, 15) is 0 Å². The Labute approximate surface area is 105 Å². The van der Waals surface area contributed by atoms with Gasteiger partial charge in [-0.1, -0.05) is 34.8 Å². The molecule has 0 spiro atoms. The Morgan fingerprint density at radius 3 is 2.44 bits per heavy atom.